The summed E-state index contributed by atoms with van der Waals surface area (Å²) in [5, 5.41) is 10.9. The van der Waals surface area contributed by atoms with Crippen LogP contribution in [0.25, 0.3) is 22.6 Å². The van der Waals surface area contributed by atoms with Gasteiger partial charge in [0.05, 0.1) is 16.9 Å². The van der Waals surface area contributed by atoms with Crippen LogP contribution in [0.2, 0.25) is 0 Å². The van der Waals surface area contributed by atoms with E-state index in [0.717, 1.165) is 22.6 Å². The molecule has 144 valence electrons. The number of hydrogen-bond donors (Lipinski definition) is 1. The van der Waals surface area contributed by atoms with Crippen LogP contribution in [0.1, 0.15) is 0 Å². The molecule has 0 saturated carbocycles. The van der Waals surface area contributed by atoms with Crippen molar-refractivity contribution in [2.45, 2.75) is 9.79 Å². The number of aromatic hydroxyl groups is 1. The first-order chi connectivity index (χ1) is 14.8. The summed E-state index contributed by atoms with van der Waals surface area (Å²) >= 11 is 1.76. The Kier molecular flexibility index (Phi) is 3.82. The van der Waals surface area contributed by atoms with E-state index >= 15 is 0 Å². The zero-order valence-electron chi connectivity index (χ0n) is 15.8. The van der Waals surface area contributed by atoms with E-state index in [2.05, 4.69) is 34.1 Å². The van der Waals surface area contributed by atoms with Gasteiger partial charge in [0.25, 0.3) is 0 Å². The Morgan fingerprint density at radius 3 is 2.13 bits per heavy atom. The standard InChI is InChI=1S/C25H16N2O2S/c28-21-15-16(13-14-17(21)25-26-18-7-1-4-10-22(18)29-25)27-19-8-2-5-11-23(19)30-24-12-6-3-9-20(24)27/h1-15,28H. The van der Waals surface area contributed by atoms with Crippen molar-refractivity contribution < 1.29 is 9.52 Å². The Balaban J connectivity index is 1.48. The molecule has 0 aliphatic carbocycles. The van der Waals surface area contributed by atoms with Crippen LogP contribution in [0.3, 0.4) is 0 Å². The molecule has 0 radical (unpaired) electrons. The number of benzene rings is 4. The number of phenolic OH excluding ortho intramolecular Hbond substituents is 1. The minimum atomic E-state index is 0.132. The summed E-state index contributed by atoms with van der Waals surface area (Å²) in [7, 11) is 0. The Morgan fingerprint density at radius 1 is 0.767 bits per heavy atom. The molecule has 1 aliphatic rings. The highest BCUT2D eigenvalue weighted by molar-refractivity contribution is 7.99. The third-order valence-corrected chi connectivity index (χ3v) is 6.33. The molecule has 0 atom stereocenters. The van der Waals surface area contributed by atoms with Crippen molar-refractivity contribution in [3.05, 3.63) is 91.0 Å². The quantitative estimate of drug-likeness (QED) is 0.330. The molecule has 0 fully saturated rings. The van der Waals surface area contributed by atoms with Gasteiger partial charge in [-0.25, -0.2) is 4.98 Å². The summed E-state index contributed by atoms with van der Waals surface area (Å²) in [4.78, 5) is 9.05. The summed E-state index contributed by atoms with van der Waals surface area (Å²) in [6.07, 6.45) is 0. The number of rotatable bonds is 2. The molecule has 0 amide bonds. The molecule has 0 saturated heterocycles. The third-order valence-electron chi connectivity index (χ3n) is 5.20. The monoisotopic (exact) mass is 408 g/mol. The lowest BCUT2D eigenvalue weighted by Gasteiger charge is -2.32. The maximum absolute atomic E-state index is 10.9. The number of hydrogen-bond acceptors (Lipinski definition) is 5. The summed E-state index contributed by atoms with van der Waals surface area (Å²) in [5.74, 6) is 0.544. The summed E-state index contributed by atoms with van der Waals surface area (Å²) < 4.78 is 5.84. The van der Waals surface area contributed by atoms with Crippen LogP contribution in [0, 0.1) is 0 Å². The maximum atomic E-state index is 10.9. The molecule has 30 heavy (non-hydrogen) atoms. The van der Waals surface area contributed by atoms with Crippen LogP contribution in [0.5, 0.6) is 5.75 Å². The molecule has 5 heteroatoms. The zero-order valence-corrected chi connectivity index (χ0v) is 16.6. The van der Waals surface area contributed by atoms with Crippen molar-refractivity contribution in [2.24, 2.45) is 0 Å². The Labute approximate surface area is 177 Å². The van der Waals surface area contributed by atoms with Crippen molar-refractivity contribution >= 4 is 39.9 Å². The van der Waals surface area contributed by atoms with Crippen molar-refractivity contribution in [1.29, 1.82) is 0 Å². The number of aromatic nitrogens is 1. The first kappa shape index (κ1) is 17.2. The first-order valence-electron chi connectivity index (χ1n) is 9.63. The fraction of sp³-hybridized carbons (Fsp3) is 0. The van der Waals surface area contributed by atoms with Gasteiger partial charge in [0.15, 0.2) is 5.58 Å². The van der Waals surface area contributed by atoms with Gasteiger partial charge in [-0.2, -0.15) is 0 Å². The highest BCUT2D eigenvalue weighted by Crippen LogP contribution is 2.51. The summed E-state index contributed by atoms with van der Waals surface area (Å²) in [6, 6.07) is 29.8. The second kappa shape index (κ2) is 6.68. The Bertz CT molecular complexity index is 1330. The van der Waals surface area contributed by atoms with Crippen molar-refractivity contribution in [3.63, 3.8) is 0 Å². The molecule has 1 aromatic heterocycles. The Morgan fingerprint density at radius 2 is 1.43 bits per heavy atom. The fourth-order valence-electron chi connectivity index (χ4n) is 3.81. The topological polar surface area (TPSA) is 49.5 Å². The minimum Gasteiger partial charge on any atom is -0.507 e. The fourth-order valence-corrected chi connectivity index (χ4v) is 4.87. The van der Waals surface area contributed by atoms with Gasteiger partial charge in [0.1, 0.15) is 11.3 Å². The number of phenols is 1. The molecule has 4 aromatic carbocycles. The van der Waals surface area contributed by atoms with E-state index in [-0.39, 0.29) is 5.75 Å². The lowest BCUT2D eigenvalue weighted by molar-refractivity contribution is 0.474. The number of para-hydroxylation sites is 4. The number of anilines is 3. The molecule has 5 aromatic rings. The van der Waals surface area contributed by atoms with Crippen LogP contribution in [0.15, 0.2) is 105 Å². The molecule has 0 spiro atoms. The SMILES string of the molecule is Oc1cc(N2c3ccccc3Sc3ccccc32)ccc1-c1nc2ccccc2o1. The molecule has 1 aliphatic heterocycles. The van der Waals surface area contributed by atoms with Gasteiger partial charge in [-0.05, 0) is 48.5 Å². The van der Waals surface area contributed by atoms with E-state index in [9.17, 15) is 5.11 Å². The van der Waals surface area contributed by atoms with Crippen LogP contribution in [0.4, 0.5) is 17.1 Å². The van der Waals surface area contributed by atoms with E-state index in [4.69, 9.17) is 4.42 Å². The number of fused-ring (bicyclic) bond motifs is 3. The largest absolute Gasteiger partial charge is 0.507 e. The zero-order chi connectivity index (χ0) is 20.1. The molecule has 4 nitrogen and oxygen atoms in total. The summed E-state index contributed by atoms with van der Waals surface area (Å²) in [5.41, 5.74) is 5.11. The van der Waals surface area contributed by atoms with Crippen LogP contribution >= 0.6 is 11.8 Å². The van der Waals surface area contributed by atoms with E-state index in [0.29, 0.717) is 17.0 Å². The molecule has 0 unspecified atom stereocenters. The average Bonchev–Trinajstić information content (AvgIpc) is 3.21. The van der Waals surface area contributed by atoms with Gasteiger partial charge in [-0.1, -0.05) is 48.2 Å². The maximum Gasteiger partial charge on any atom is 0.231 e. The van der Waals surface area contributed by atoms with Crippen molar-refractivity contribution in [3.8, 4) is 17.2 Å². The predicted molar refractivity (Wildman–Crippen MR) is 120 cm³/mol. The van der Waals surface area contributed by atoms with Crippen LogP contribution in [-0.4, -0.2) is 10.1 Å². The first-order valence-corrected chi connectivity index (χ1v) is 10.4. The van der Waals surface area contributed by atoms with Gasteiger partial charge in [0.2, 0.25) is 5.89 Å². The normalized spacial score (nSPS) is 12.6. The molecular weight excluding hydrogens is 392 g/mol. The second-order valence-corrected chi connectivity index (χ2v) is 8.14. The molecular formula is C25H16N2O2S. The van der Waals surface area contributed by atoms with Gasteiger partial charge in [-0.15, -0.1) is 0 Å². The number of oxazole rings is 1. The van der Waals surface area contributed by atoms with Crippen LogP contribution < -0.4 is 4.90 Å². The highest BCUT2D eigenvalue weighted by Gasteiger charge is 2.25. The van der Waals surface area contributed by atoms with E-state index in [1.165, 1.54) is 9.79 Å². The summed E-state index contributed by atoms with van der Waals surface area (Å²) in [6.45, 7) is 0. The van der Waals surface area contributed by atoms with E-state index in [1.807, 2.05) is 60.7 Å². The predicted octanol–water partition coefficient (Wildman–Crippen LogP) is 7.13. The smallest absolute Gasteiger partial charge is 0.231 e. The van der Waals surface area contributed by atoms with Gasteiger partial charge in [0, 0.05) is 21.5 Å². The van der Waals surface area contributed by atoms with E-state index in [1.54, 1.807) is 17.8 Å². The van der Waals surface area contributed by atoms with E-state index < -0.39 is 0 Å². The van der Waals surface area contributed by atoms with Crippen molar-refractivity contribution in [2.75, 3.05) is 4.90 Å². The molecule has 2 heterocycles. The van der Waals surface area contributed by atoms with Crippen LogP contribution in [-0.2, 0) is 0 Å². The third kappa shape index (κ3) is 2.67. The number of nitrogens with zero attached hydrogens (tertiary/aromatic N) is 2. The molecule has 0 bridgehead atoms. The highest BCUT2D eigenvalue weighted by atomic mass is 32.2. The second-order valence-electron chi connectivity index (χ2n) is 7.06. The molecule has 6 rings (SSSR count). The van der Waals surface area contributed by atoms with Gasteiger partial charge >= 0.3 is 0 Å². The molecule has 1 N–H and O–H groups in total. The minimum absolute atomic E-state index is 0.132. The Hall–Kier alpha value is -3.70. The van der Waals surface area contributed by atoms with Gasteiger partial charge < -0.3 is 14.4 Å². The average molecular weight is 408 g/mol. The lowest BCUT2D eigenvalue weighted by atomic mass is 10.1. The van der Waals surface area contributed by atoms with Gasteiger partial charge in [-0.3, -0.25) is 0 Å². The lowest BCUT2D eigenvalue weighted by Crippen LogP contribution is -2.14. The van der Waals surface area contributed by atoms with Crippen molar-refractivity contribution in [1.82, 2.24) is 4.98 Å².